The SMILES string of the molecule is CC(c1ccc2c(c1)OCO2)N1CCN(c2ncc(C(=O)O)cn2)CC1.[H-].[Li+]. The molecule has 2 aliphatic rings. The normalized spacial score (nSPS) is 17.3. The Morgan fingerprint density at radius 2 is 1.81 bits per heavy atom. The van der Waals surface area contributed by atoms with Gasteiger partial charge in [0.05, 0.1) is 5.56 Å². The molecule has 0 aliphatic carbocycles. The molecule has 4 rings (SSSR count). The van der Waals surface area contributed by atoms with Crippen LogP contribution in [0.3, 0.4) is 0 Å². The van der Waals surface area contributed by atoms with Crippen LogP contribution in [0.25, 0.3) is 0 Å². The maximum Gasteiger partial charge on any atom is 1.00 e. The molecule has 0 bridgehead atoms. The van der Waals surface area contributed by atoms with Crippen LogP contribution in [0, 0.1) is 0 Å². The minimum Gasteiger partial charge on any atom is -1.00 e. The number of carboxylic acids is 1. The van der Waals surface area contributed by atoms with Crippen LogP contribution < -0.4 is 33.2 Å². The van der Waals surface area contributed by atoms with E-state index < -0.39 is 5.97 Å². The van der Waals surface area contributed by atoms with Crippen molar-refractivity contribution in [2.75, 3.05) is 37.9 Å². The quantitative estimate of drug-likeness (QED) is 0.685. The van der Waals surface area contributed by atoms with E-state index in [1.165, 1.54) is 18.0 Å². The fourth-order valence-corrected chi connectivity index (χ4v) is 3.29. The average molecular weight is 364 g/mol. The van der Waals surface area contributed by atoms with Gasteiger partial charge in [0.1, 0.15) is 0 Å². The summed E-state index contributed by atoms with van der Waals surface area (Å²) in [6, 6.07) is 6.36. The molecule has 0 spiro atoms. The minimum atomic E-state index is -1.01. The molecular weight excluding hydrogens is 343 g/mol. The number of aromatic carboxylic acids is 1. The first-order valence-corrected chi connectivity index (χ1v) is 8.56. The molecule has 1 saturated heterocycles. The Morgan fingerprint density at radius 3 is 2.48 bits per heavy atom. The summed E-state index contributed by atoms with van der Waals surface area (Å²) in [5.74, 6) is 1.16. The first-order chi connectivity index (χ1) is 12.6. The summed E-state index contributed by atoms with van der Waals surface area (Å²) < 4.78 is 10.8. The van der Waals surface area contributed by atoms with Gasteiger partial charge in [-0.3, -0.25) is 4.90 Å². The molecule has 0 radical (unpaired) electrons. The van der Waals surface area contributed by atoms with Gasteiger partial charge in [-0.2, -0.15) is 0 Å². The van der Waals surface area contributed by atoms with Gasteiger partial charge in [0.25, 0.3) is 0 Å². The zero-order chi connectivity index (χ0) is 18.1. The molecule has 0 saturated carbocycles. The Labute approximate surface area is 170 Å². The molecule has 1 atom stereocenters. The van der Waals surface area contributed by atoms with Gasteiger partial charge in [-0.05, 0) is 24.6 Å². The number of fused-ring (bicyclic) bond motifs is 1. The molecule has 3 heterocycles. The maximum atomic E-state index is 10.9. The number of ether oxygens (including phenoxy) is 2. The summed E-state index contributed by atoms with van der Waals surface area (Å²) in [5.41, 5.74) is 1.30. The number of nitrogens with zero attached hydrogens (tertiary/aromatic N) is 4. The van der Waals surface area contributed by atoms with Crippen molar-refractivity contribution in [3.63, 3.8) is 0 Å². The van der Waals surface area contributed by atoms with Crippen molar-refractivity contribution in [3.8, 4) is 11.5 Å². The van der Waals surface area contributed by atoms with E-state index in [-0.39, 0.29) is 38.7 Å². The van der Waals surface area contributed by atoms with Crippen LogP contribution in [0.1, 0.15) is 30.3 Å². The average Bonchev–Trinajstić information content (AvgIpc) is 3.15. The second-order valence-electron chi connectivity index (χ2n) is 6.39. The number of aromatic nitrogens is 2. The molecule has 1 aromatic heterocycles. The van der Waals surface area contributed by atoms with Crippen molar-refractivity contribution in [2.24, 2.45) is 0 Å². The molecule has 2 aliphatic heterocycles. The fourth-order valence-electron chi connectivity index (χ4n) is 3.29. The second-order valence-corrected chi connectivity index (χ2v) is 6.39. The zero-order valence-electron chi connectivity index (χ0n) is 16.5. The van der Waals surface area contributed by atoms with Gasteiger partial charge in [0.2, 0.25) is 12.7 Å². The van der Waals surface area contributed by atoms with Gasteiger partial charge in [0.15, 0.2) is 11.5 Å². The molecule has 1 aromatic carbocycles. The van der Waals surface area contributed by atoms with Gasteiger partial charge < -0.3 is 20.9 Å². The van der Waals surface area contributed by atoms with E-state index >= 15 is 0 Å². The van der Waals surface area contributed by atoms with Crippen LogP contribution in [-0.4, -0.2) is 58.9 Å². The van der Waals surface area contributed by atoms with Crippen LogP contribution >= 0.6 is 0 Å². The summed E-state index contributed by atoms with van der Waals surface area (Å²) in [4.78, 5) is 23.7. The topological polar surface area (TPSA) is 88.0 Å². The van der Waals surface area contributed by atoms with Crippen molar-refractivity contribution < 1.29 is 39.7 Å². The van der Waals surface area contributed by atoms with E-state index in [9.17, 15) is 4.79 Å². The van der Waals surface area contributed by atoms with Crippen LogP contribution in [-0.2, 0) is 0 Å². The number of carbonyl (C=O) groups is 1. The van der Waals surface area contributed by atoms with Gasteiger partial charge in [-0.1, -0.05) is 6.07 Å². The Bertz CT molecular complexity index is 816. The molecule has 1 unspecified atom stereocenters. The predicted molar refractivity (Wildman–Crippen MR) is 94.9 cm³/mol. The smallest absolute Gasteiger partial charge is 1.00 e. The van der Waals surface area contributed by atoms with Crippen molar-refractivity contribution >= 4 is 11.9 Å². The first-order valence-electron chi connectivity index (χ1n) is 8.56. The number of carboxylic acid groups (broad SMARTS) is 1. The Balaban J connectivity index is 0.00000140. The summed E-state index contributed by atoms with van der Waals surface area (Å²) in [6.45, 7) is 5.81. The van der Waals surface area contributed by atoms with E-state index in [0.29, 0.717) is 5.95 Å². The minimum absolute atomic E-state index is 0. The van der Waals surface area contributed by atoms with E-state index in [4.69, 9.17) is 14.6 Å². The fraction of sp³-hybridized carbons (Fsp3) is 0.389. The van der Waals surface area contributed by atoms with E-state index in [1.54, 1.807) is 0 Å². The first kappa shape index (κ1) is 19.5. The van der Waals surface area contributed by atoms with E-state index in [0.717, 1.165) is 37.7 Å². The monoisotopic (exact) mass is 364 g/mol. The molecule has 0 amide bonds. The number of piperazine rings is 1. The van der Waals surface area contributed by atoms with E-state index in [2.05, 4.69) is 32.8 Å². The number of anilines is 1. The van der Waals surface area contributed by atoms with Gasteiger partial charge in [-0.25, -0.2) is 14.8 Å². The molecule has 9 heteroatoms. The van der Waals surface area contributed by atoms with Crippen LogP contribution in [0.15, 0.2) is 30.6 Å². The number of benzene rings is 1. The predicted octanol–water partition coefficient (Wildman–Crippen LogP) is -1.10. The molecule has 2 aromatic rings. The second kappa shape index (κ2) is 8.17. The van der Waals surface area contributed by atoms with Crippen molar-refractivity contribution in [3.05, 3.63) is 41.7 Å². The van der Waals surface area contributed by atoms with E-state index in [1.807, 2.05) is 12.1 Å². The molecular formula is C18H21LiN4O4. The molecule has 138 valence electrons. The van der Waals surface area contributed by atoms with Crippen LogP contribution in [0.4, 0.5) is 5.95 Å². The third-order valence-corrected chi connectivity index (χ3v) is 4.91. The van der Waals surface area contributed by atoms with Crippen molar-refractivity contribution in [1.82, 2.24) is 14.9 Å². The molecule has 8 nitrogen and oxygen atoms in total. The van der Waals surface area contributed by atoms with Crippen LogP contribution in [0.5, 0.6) is 11.5 Å². The molecule has 27 heavy (non-hydrogen) atoms. The maximum absolute atomic E-state index is 10.9. The number of hydrogen-bond donors (Lipinski definition) is 1. The Morgan fingerprint density at radius 1 is 1.15 bits per heavy atom. The Hall–Kier alpha value is -2.27. The molecule has 1 fully saturated rings. The zero-order valence-corrected chi connectivity index (χ0v) is 15.5. The summed E-state index contributed by atoms with van der Waals surface area (Å²) in [7, 11) is 0. The van der Waals surface area contributed by atoms with Gasteiger partial charge in [-0.15, -0.1) is 0 Å². The van der Waals surface area contributed by atoms with Crippen molar-refractivity contribution in [2.45, 2.75) is 13.0 Å². The van der Waals surface area contributed by atoms with Gasteiger partial charge >= 0.3 is 24.8 Å². The summed E-state index contributed by atoms with van der Waals surface area (Å²) in [5, 5.41) is 8.93. The third-order valence-electron chi connectivity index (χ3n) is 4.91. The van der Waals surface area contributed by atoms with Crippen LogP contribution in [0.2, 0.25) is 0 Å². The standard InChI is InChI=1S/C18H20N4O4.Li.H/c1-12(13-2-3-15-16(8-13)26-11-25-15)21-4-6-22(7-5-21)18-19-9-14(10-20-18)17(23)24;;/h2-3,8-10,12H,4-7,11H2,1H3,(H,23,24);;/q;+1;-1. The number of rotatable bonds is 4. The summed E-state index contributed by atoms with van der Waals surface area (Å²) >= 11 is 0. The third kappa shape index (κ3) is 4.03. The van der Waals surface area contributed by atoms with Crippen molar-refractivity contribution in [1.29, 1.82) is 0 Å². The largest absolute Gasteiger partial charge is 1.00 e. The summed E-state index contributed by atoms with van der Waals surface area (Å²) in [6.07, 6.45) is 2.71. The molecule has 1 N–H and O–H groups in total. The Kier molecular flexibility index (Phi) is 5.90. The number of hydrogen-bond acceptors (Lipinski definition) is 7. The van der Waals surface area contributed by atoms with Gasteiger partial charge in [0, 0.05) is 44.6 Å².